The Morgan fingerprint density at radius 1 is 1.19 bits per heavy atom. The lowest BCUT2D eigenvalue weighted by Crippen LogP contribution is -2.22. The number of rotatable bonds is 6. The van der Waals surface area contributed by atoms with Crippen LogP contribution in [0.2, 0.25) is 5.02 Å². The fourth-order valence-electron chi connectivity index (χ4n) is 2.94. The molecule has 160 valence electrons. The first-order valence-corrected chi connectivity index (χ1v) is 10.7. The molecule has 0 unspecified atom stereocenters. The van der Waals surface area contributed by atoms with E-state index >= 15 is 0 Å². The van der Waals surface area contributed by atoms with Crippen LogP contribution in [0, 0.1) is 0 Å². The number of nitrogens with zero attached hydrogens (tertiary/aromatic N) is 5. The van der Waals surface area contributed by atoms with Crippen molar-refractivity contribution in [2.45, 2.75) is 6.92 Å². The van der Waals surface area contributed by atoms with Gasteiger partial charge in [0.25, 0.3) is 0 Å². The van der Waals surface area contributed by atoms with Crippen LogP contribution in [0.5, 0.6) is 0 Å². The maximum atomic E-state index is 12.5. The highest BCUT2D eigenvalue weighted by Gasteiger charge is 2.17. The summed E-state index contributed by atoms with van der Waals surface area (Å²) in [6.45, 7) is 1.48. The molecule has 4 rings (SSSR count). The van der Waals surface area contributed by atoms with Crippen molar-refractivity contribution in [1.82, 2.24) is 19.7 Å². The molecule has 4 aromatic rings. The molecule has 0 fully saturated rings. The van der Waals surface area contributed by atoms with Gasteiger partial charge < -0.3 is 5.32 Å². The summed E-state index contributed by atoms with van der Waals surface area (Å²) in [4.78, 5) is 34.6. The number of aromatic nitrogens is 4. The number of carbonyl (C=O) groups excluding carboxylic acids is 2. The zero-order chi connectivity index (χ0) is 22.5. The van der Waals surface area contributed by atoms with E-state index in [2.05, 4.69) is 20.4 Å². The quantitative estimate of drug-likeness (QED) is 0.417. The first-order chi connectivity index (χ1) is 15.5. The molecule has 0 radical (unpaired) electrons. The monoisotopic (exact) mass is 464 g/mol. The van der Waals surface area contributed by atoms with Crippen LogP contribution < -0.4 is 10.2 Å². The van der Waals surface area contributed by atoms with Gasteiger partial charge in [-0.15, -0.1) is 11.3 Å². The van der Waals surface area contributed by atoms with E-state index < -0.39 is 0 Å². The van der Waals surface area contributed by atoms with Gasteiger partial charge in [0, 0.05) is 23.4 Å². The number of hydrogen-bond donors (Lipinski definition) is 1. The molecule has 0 saturated carbocycles. The molecule has 0 atom stereocenters. The van der Waals surface area contributed by atoms with Crippen LogP contribution in [0.25, 0.3) is 11.8 Å². The van der Waals surface area contributed by atoms with Gasteiger partial charge in [-0.2, -0.15) is 5.10 Å². The van der Waals surface area contributed by atoms with Crippen LogP contribution >= 0.6 is 22.9 Å². The van der Waals surface area contributed by atoms with E-state index in [4.69, 9.17) is 11.6 Å². The van der Waals surface area contributed by atoms with Crippen LogP contribution in [0.15, 0.2) is 72.6 Å². The molecule has 0 aliphatic rings. The highest BCUT2D eigenvalue weighted by atomic mass is 35.5. The molecule has 0 spiro atoms. The fourth-order valence-corrected chi connectivity index (χ4v) is 3.96. The molecule has 10 heteroatoms. The van der Waals surface area contributed by atoms with Gasteiger partial charge in [0.2, 0.25) is 11.8 Å². The number of thiazole rings is 1. The number of amides is 2. The summed E-state index contributed by atoms with van der Waals surface area (Å²) < 4.78 is 1.53. The van der Waals surface area contributed by atoms with Crippen molar-refractivity contribution in [2.24, 2.45) is 0 Å². The Morgan fingerprint density at radius 3 is 2.72 bits per heavy atom. The number of para-hydroxylation sites is 1. The number of carbonyl (C=O) groups is 2. The molecule has 0 bridgehead atoms. The first-order valence-electron chi connectivity index (χ1n) is 9.46. The average molecular weight is 465 g/mol. The molecule has 8 nitrogen and oxygen atoms in total. The van der Waals surface area contributed by atoms with Crippen molar-refractivity contribution >= 4 is 57.3 Å². The van der Waals surface area contributed by atoms with Crippen LogP contribution in [-0.4, -0.2) is 31.6 Å². The van der Waals surface area contributed by atoms with Crippen LogP contribution in [0.3, 0.4) is 0 Å². The summed E-state index contributed by atoms with van der Waals surface area (Å²) in [6.07, 6.45) is 5.88. The zero-order valence-electron chi connectivity index (χ0n) is 16.8. The average Bonchev–Trinajstić information content (AvgIpc) is 3.46. The molecule has 2 aromatic carbocycles. The fraction of sp³-hybridized carbons (Fsp3) is 0.0455. The molecule has 0 aliphatic carbocycles. The lowest BCUT2D eigenvalue weighted by molar-refractivity contribution is -0.116. The van der Waals surface area contributed by atoms with Gasteiger partial charge in [-0.25, -0.2) is 14.6 Å². The minimum atomic E-state index is -0.366. The van der Waals surface area contributed by atoms with Gasteiger partial charge in [-0.1, -0.05) is 29.8 Å². The Labute approximate surface area is 192 Å². The van der Waals surface area contributed by atoms with Crippen molar-refractivity contribution in [3.63, 3.8) is 0 Å². The normalized spacial score (nSPS) is 10.9. The summed E-state index contributed by atoms with van der Waals surface area (Å²) in [7, 11) is 0. The molecule has 2 heterocycles. The highest BCUT2D eigenvalue weighted by Crippen LogP contribution is 2.29. The van der Waals surface area contributed by atoms with E-state index in [1.165, 1.54) is 46.6 Å². The van der Waals surface area contributed by atoms with E-state index in [1.54, 1.807) is 29.7 Å². The van der Waals surface area contributed by atoms with Crippen molar-refractivity contribution in [1.29, 1.82) is 0 Å². The summed E-state index contributed by atoms with van der Waals surface area (Å²) in [5.74, 6) is -0.518. The van der Waals surface area contributed by atoms with Gasteiger partial charge >= 0.3 is 0 Å². The van der Waals surface area contributed by atoms with Gasteiger partial charge in [0.05, 0.1) is 22.8 Å². The van der Waals surface area contributed by atoms with E-state index in [0.29, 0.717) is 27.2 Å². The third-order valence-corrected chi connectivity index (χ3v) is 5.40. The van der Waals surface area contributed by atoms with Crippen LogP contribution in [0.1, 0.15) is 12.6 Å². The Kier molecular flexibility index (Phi) is 6.39. The summed E-state index contributed by atoms with van der Waals surface area (Å²) in [5.41, 5.74) is 2.40. The van der Waals surface area contributed by atoms with E-state index in [-0.39, 0.29) is 11.8 Å². The van der Waals surface area contributed by atoms with Gasteiger partial charge in [-0.05, 0) is 36.4 Å². The molecular formula is C22H17ClN6O2S. The number of nitrogens with one attached hydrogen (secondary N) is 1. The minimum absolute atomic E-state index is 0.152. The standard InChI is InChI=1S/C22H17ClN6O2S/c1-15(30)29(18-5-3-2-4-6-18)22-26-17(12-32-22)8-10-21(31)27-19-11-16(23)7-9-20(19)28-14-24-13-25-28/h2-14H,1H3,(H,27,31)/b10-8+. The van der Waals surface area contributed by atoms with Crippen molar-refractivity contribution in [3.05, 3.63) is 83.4 Å². The first kappa shape index (κ1) is 21.4. The van der Waals surface area contributed by atoms with E-state index in [0.717, 1.165) is 5.69 Å². The third-order valence-electron chi connectivity index (χ3n) is 4.32. The van der Waals surface area contributed by atoms with Gasteiger partial charge in [-0.3, -0.25) is 14.5 Å². The largest absolute Gasteiger partial charge is 0.321 e. The molecule has 0 saturated heterocycles. The summed E-state index contributed by atoms with van der Waals surface area (Å²) in [6, 6.07) is 14.3. The zero-order valence-corrected chi connectivity index (χ0v) is 18.4. The highest BCUT2D eigenvalue weighted by molar-refractivity contribution is 7.14. The Morgan fingerprint density at radius 2 is 2.00 bits per heavy atom. The second-order valence-electron chi connectivity index (χ2n) is 6.57. The number of hydrogen-bond acceptors (Lipinski definition) is 6. The van der Waals surface area contributed by atoms with E-state index in [1.807, 2.05) is 30.3 Å². The topological polar surface area (TPSA) is 93.0 Å². The summed E-state index contributed by atoms with van der Waals surface area (Å²) >= 11 is 7.40. The van der Waals surface area contributed by atoms with Gasteiger partial charge in [0.15, 0.2) is 5.13 Å². The minimum Gasteiger partial charge on any atom is -0.321 e. The van der Waals surface area contributed by atoms with Crippen LogP contribution in [0.4, 0.5) is 16.5 Å². The molecule has 32 heavy (non-hydrogen) atoms. The lowest BCUT2D eigenvalue weighted by Gasteiger charge is -2.17. The second kappa shape index (κ2) is 9.54. The predicted octanol–water partition coefficient (Wildman–Crippen LogP) is 4.71. The Bertz CT molecular complexity index is 1270. The summed E-state index contributed by atoms with van der Waals surface area (Å²) in [5, 5.41) is 9.66. The van der Waals surface area contributed by atoms with Crippen molar-refractivity contribution in [2.75, 3.05) is 10.2 Å². The van der Waals surface area contributed by atoms with Gasteiger partial charge in [0.1, 0.15) is 12.7 Å². The van der Waals surface area contributed by atoms with Crippen LogP contribution in [-0.2, 0) is 9.59 Å². The number of benzene rings is 2. The smallest absolute Gasteiger partial charge is 0.248 e. The lowest BCUT2D eigenvalue weighted by atomic mass is 10.2. The third kappa shape index (κ3) is 4.90. The Hall–Kier alpha value is -3.82. The van der Waals surface area contributed by atoms with E-state index in [9.17, 15) is 9.59 Å². The molecule has 2 aromatic heterocycles. The Balaban J connectivity index is 1.51. The molecule has 2 amide bonds. The maximum absolute atomic E-state index is 12.5. The molecule has 0 aliphatic heterocycles. The predicted molar refractivity (Wildman–Crippen MR) is 125 cm³/mol. The van der Waals surface area contributed by atoms with Crippen molar-refractivity contribution < 1.29 is 9.59 Å². The maximum Gasteiger partial charge on any atom is 0.248 e. The molecular weight excluding hydrogens is 448 g/mol. The van der Waals surface area contributed by atoms with Crippen molar-refractivity contribution in [3.8, 4) is 5.69 Å². The second-order valence-corrected chi connectivity index (χ2v) is 7.84. The SMILES string of the molecule is CC(=O)N(c1ccccc1)c1nc(/C=C/C(=O)Nc2cc(Cl)ccc2-n2cncn2)cs1. The number of halogens is 1. The molecule has 1 N–H and O–H groups in total. The number of anilines is 3.